The third-order valence-corrected chi connectivity index (χ3v) is 1.99. The molecular formula is C11H19N3O2. The van der Waals surface area contributed by atoms with Gasteiger partial charge < -0.3 is 14.8 Å². The molecule has 5 heteroatoms. The number of rotatable bonds is 9. The quantitative estimate of drug-likeness (QED) is 0.624. The number of hydrogen-bond acceptors (Lipinski definition) is 5. The Morgan fingerprint density at radius 1 is 1.31 bits per heavy atom. The lowest BCUT2D eigenvalue weighted by Gasteiger charge is -2.05. The molecule has 1 aromatic rings. The smallest absolute Gasteiger partial charge is 0.0768 e. The Hall–Kier alpha value is -1.04. The topological polar surface area (TPSA) is 56.3 Å². The highest BCUT2D eigenvalue weighted by Crippen LogP contribution is 1.89. The minimum Gasteiger partial charge on any atom is -0.385 e. The van der Waals surface area contributed by atoms with Crippen molar-refractivity contribution < 1.29 is 9.47 Å². The Balaban J connectivity index is 1.89. The fourth-order valence-electron chi connectivity index (χ4n) is 1.20. The summed E-state index contributed by atoms with van der Waals surface area (Å²) in [7, 11) is 1.70. The van der Waals surface area contributed by atoms with Crippen LogP contribution in [-0.2, 0) is 16.0 Å². The van der Waals surface area contributed by atoms with Crippen LogP contribution in [0.25, 0.3) is 0 Å². The van der Waals surface area contributed by atoms with Gasteiger partial charge in [0.1, 0.15) is 0 Å². The van der Waals surface area contributed by atoms with Crippen molar-refractivity contribution in [1.82, 2.24) is 15.5 Å². The number of nitrogens with one attached hydrogen (secondary N) is 1. The summed E-state index contributed by atoms with van der Waals surface area (Å²) in [5, 5.41) is 11.0. The van der Waals surface area contributed by atoms with Crippen LogP contribution in [0.3, 0.4) is 0 Å². The molecule has 0 atom stereocenters. The van der Waals surface area contributed by atoms with Gasteiger partial charge in [-0.05, 0) is 18.6 Å². The first-order valence-corrected chi connectivity index (χ1v) is 5.47. The average molecular weight is 225 g/mol. The predicted octanol–water partition coefficient (Wildman–Crippen LogP) is 0.619. The van der Waals surface area contributed by atoms with Gasteiger partial charge in [0.05, 0.1) is 12.3 Å². The van der Waals surface area contributed by atoms with Crippen LogP contribution in [0.5, 0.6) is 0 Å². The molecule has 0 aliphatic heterocycles. The van der Waals surface area contributed by atoms with Gasteiger partial charge in [0.25, 0.3) is 0 Å². The van der Waals surface area contributed by atoms with E-state index in [9.17, 15) is 0 Å². The van der Waals surface area contributed by atoms with E-state index in [4.69, 9.17) is 9.47 Å². The Bertz CT molecular complexity index is 257. The fourth-order valence-corrected chi connectivity index (χ4v) is 1.20. The van der Waals surface area contributed by atoms with Crippen molar-refractivity contribution in [2.75, 3.05) is 33.5 Å². The SMILES string of the molecule is COCCCOCCNCc1cccnn1. The summed E-state index contributed by atoms with van der Waals surface area (Å²) in [5.41, 5.74) is 0.946. The molecule has 0 amide bonds. The number of aromatic nitrogens is 2. The van der Waals surface area contributed by atoms with Crippen molar-refractivity contribution in [3.8, 4) is 0 Å². The molecule has 90 valence electrons. The highest BCUT2D eigenvalue weighted by atomic mass is 16.5. The molecule has 0 saturated heterocycles. The van der Waals surface area contributed by atoms with Crippen LogP contribution >= 0.6 is 0 Å². The van der Waals surface area contributed by atoms with Gasteiger partial charge in [-0.1, -0.05) is 0 Å². The van der Waals surface area contributed by atoms with Gasteiger partial charge in [0.15, 0.2) is 0 Å². The van der Waals surface area contributed by atoms with Crippen molar-refractivity contribution in [1.29, 1.82) is 0 Å². The van der Waals surface area contributed by atoms with Crippen LogP contribution in [0.15, 0.2) is 18.3 Å². The van der Waals surface area contributed by atoms with Gasteiger partial charge in [-0.2, -0.15) is 10.2 Å². The maximum atomic E-state index is 5.40. The third-order valence-electron chi connectivity index (χ3n) is 1.99. The lowest BCUT2D eigenvalue weighted by molar-refractivity contribution is 0.104. The zero-order valence-electron chi connectivity index (χ0n) is 9.69. The summed E-state index contributed by atoms with van der Waals surface area (Å²) in [5.74, 6) is 0. The first kappa shape index (κ1) is 13.0. The van der Waals surface area contributed by atoms with Gasteiger partial charge in [-0.15, -0.1) is 0 Å². The van der Waals surface area contributed by atoms with Gasteiger partial charge >= 0.3 is 0 Å². The summed E-state index contributed by atoms with van der Waals surface area (Å²) >= 11 is 0. The van der Waals surface area contributed by atoms with Crippen LogP contribution in [0.1, 0.15) is 12.1 Å². The molecule has 1 aromatic heterocycles. The minimum atomic E-state index is 0.712. The second kappa shape index (κ2) is 9.21. The zero-order chi connectivity index (χ0) is 11.5. The normalized spacial score (nSPS) is 10.6. The highest BCUT2D eigenvalue weighted by Gasteiger charge is 1.93. The van der Waals surface area contributed by atoms with Crippen LogP contribution in [0, 0.1) is 0 Å². The van der Waals surface area contributed by atoms with Gasteiger partial charge in [-0.3, -0.25) is 0 Å². The molecule has 0 aromatic carbocycles. The van der Waals surface area contributed by atoms with E-state index in [1.165, 1.54) is 0 Å². The van der Waals surface area contributed by atoms with E-state index in [0.717, 1.165) is 38.4 Å². The Labute approximate surface area is 96.2 Å². The fraction of sp³-hybridized carbons (Fsp3) is 0.636. The maximum Gasteiger partial charge on any atom is 0.0768 e. The predicted molar refractivity (Wildman–Crippen MR) is 61.1 cm³/mol. The molecule has 0 radical (unpaired) electrons. The molecule has 1 rings (SSSR count). The van der Waals surface area contributed by atoms with E-state index in [0.29, 0.717) is 6.61 Å². The number of nitrogens with zero attached hydrogens (tertiary/aromatic N) is 2. The van der Waals surface area contributed by atoms with Crippen molar-refractivity contribution in [3.05, 3.63) is 24.0 Å². The largest absolute Gasteiger partial charge is 0.385 e. The second-order valence-corrected chi connectivity index (χ2v) is 3.35. The van der Waals surface area contributed by atoms with Crippen molar-refractivity contribution in [3.63, 3.8) is 0 Å². The molecule has 1 heterocycles. The van der Waals surface area contributed by atoms with Crippen molar-refractivity contribution >= 4 is 0 Å². The van der Waals surface area contributed by atoms with Gasteiger partial charge in [-0.25, -0.2) is 0 Å². The summed E-state index contributed by atoms with van der Waals surface area (Å²) in [6.07, 6.45) is 2.61. The summed E-state index contributed by atoms with van der Waals surface area (Å²) in [6, 6.07) is 3.82. The Kier molecular flexibility index (Phi) is 7.49. The highest BCUT2D eigenvalue weighted by molar-refractivity contribution is 4.98. The molecule has 0 unspecified atom stereocenters. The van der Waals surface area contributed by atoms with Crippen LogP contribution in [0.4, 0.5) is 0 Å². The standard InChI is InChI=1S/C11H19N3O2/c1-15-7-3-8-16-9-6-12-10-11-4-2-5-13-14-11/h2,4-5,12H,3,6-10H2,1H3. The molecule has 0 aliphatic carbocycles. The summed E-state index contributed by atoms with van der Waals surface area (Å²) < 4.78 is 10.3. The Morgan fingerprint density at radius 2 is 2.25 bits per heavy atom. The van der Waals surface area contributed by atoms with Gasteiger partial charge in [0, 0.05) is 39.6 Å². The van der Waals surface area contributed by atoms with Crippen molar-refractivity contribution in [2.24, 2.45) is 0 Å². The van der Waals surface area contributed by atoms with E-state index in [-0.39, 0.29) is 0 Å². The first-order valence-electron chi connectivity index (χ1n) is 5.47. The molecule has 5 nitrogen and oxygen atoms in total. The lowest BCUT2D eigenvalue weighted by Crippen LogP contribution is -2.20. The van der Waals surface area contributed by atoms with E-state index in [1.54, 1.807) is 13.3 Å². The summed E-state index contributed by atoms with van der Waals surface area (Å²) in [6.45, 7) is 3.77. The first-order chi connectivity index (χ1) is 7.93. The molecule has 1 N–H and O–H groups in total. The van der Waals surface area contributed by atoms with E-state index >= 15 is 0 Å². The summed E-state index contributed by atoms with van der Waals surface area (Å²) in [4.78, 5) is 0. The van der Waals surface area contributed by atoms with Crippen LogP contribution in [-0.4, -0.2) is 43.7 Å². The van der Waals surface area contributed by atoms with Crippen LogP contribution in [0.2, 0.25) is 0 Å². The van der Waals surface area contributed by atoms with E-state index in [2.05, 4.69) is 15.5 Å². The second-order valence-electron chi connectivity index (χ2n) is 3.35. The molecule has 0 saturated carbocycles. The molecule has 0 bridgehead atoms. The number of methoxy groups -OCH3 is 1. The van der Waals surface area contributed by atoms with E-state index in [1.807, 2.05) is 12.1 Å². The average Bonchev–Trinajstić information content (AvgIpc) is 2.34. The number of ether oxygens (including phenoxy) is 2. The molecule has 16 heavy (non-hydrogen) atoms. The third kappa shape index (κ3) is 6.44. The van der Waals surface area contributed by atoms with Gasteiger partial charge in [0.2, 0.25) is 0 Å². The number of hydrogen-bond donors (Lipinski definition) is 1. The molecular weight excluding hydrogens is 206 g/mol. The zero-order valence-corrected chi connectivity index (χ0v) is 9.69. The molecule has 0 spiro atoms. The maximum absolute atomic E-state index is 5.40. The lowest BCUT2D eigenvalue weighted by atomic mass is 10.4. The van der Waals surface area contributed by atoms with Crippen LogP contribution < -0.4 is 5.32 Å². The molecule has 0 aliphatic rings. The minimum absolute atomic E-state index is 0.712. The Morgan fingerprint density at radius 3 is 3.00 bits per heavy atom. The molecule has 0 fully saturated rings. The van der Waals surface area contributed by atoms with Crippen molar-refractivity contribution in [2.45, 2.75) is 13.0 Å². The van der Waals surface area contributed by atoms with E-state index < -0.39 is 0 Å². The monoisotopic (exact) mass is 225 g/mol.